The van der Waals surface area contributed by atoms with Gasteiger partial charge in [0.2, 0.25) is 11.8 Å². The van der Waals surface area contributed by atoms with Crippen LogP contribution < -0.4 is 9.47 Å². The minimum absolute atomic E-state index is 0.00726. The summed E-state index contributed by atoms with van der Waals surface area (Å²) in [6, 6.07) is 11.5. The second-order valence-electron chi connectivity index (χ2n) is 9.19. The monoisotopic (exact) mass is 444 g/mol. The lowest BCUT2D eigenvalue weighted by Crippen LogP contribution is -2.10. The first-order chi connectivity index (χ1) is 13.9. The molecule has 30 heavy (non-hydrogen) atoms. The Kier molecular flexibility index (Phi) is 6.30. The van der Waals surface area contributed by atoms with Gasteiger partial charge >= 0.3 is 0 Å². The van der Waals surface area contributed by atoms with Crippen molar-refractivity contribution in [1.82, 2.24) is 9.97 Å². The van der Waals surface area contributed by atoms with Gasteiger partial charge in [-0.25, -0.2) is 9.97 Å². The molecule has 158 valence electrons. The first-order valence-electron chi connectivity index (χ1n) is 9.71. The van der Waals surface area contributed by atoms with E-state index in [1.165, 1.54) is 12.4 Å². The van der Waals surface area contributed by atoms with E-state index in [1.807, 2.05) is 36.4 Å². The number of halogens is 2. The van der Waals surface area contributed by atoms with Crippen LogP contribution in [-0.2, 0) is 10.8 Å². The van der Waals surface area contributed by atoms with Crippen LogP contribution in [0.3, 0.4) is 0 Å². The molecule has 0 fully saturated rings. The fourth-order valence-corrected chi connectivity index (χ4v) is 3.17. The molecule has 1 heterocycles. The first kappa shape index (κ1) is 22.4. The highest BCUT2D eigenvalue weighted by molar-refractivity contribution is 6.32. The molecule has 0 saturated carbocycles. The Labute approximate surface area is 188 Å². The Morgan fingerprint density at radius 1 is 0.633 bits per heavy atom. The molecule has 3 aromatic rings. The van der Waals surface area contributed by atoms with Gasteiger partial charge in [0.25, 0.3) is 0 Å². The van der Waals surface area contributed by atoms with E-state index in [-0.39, 0.29) is 10.8 Å². The van der Waals surface area contributed by atoms with Gasteiger partial charge in [0.15, 0.2) is 0 Å². The van der Waals surface area contributed by atoms with Crippen LogP contribution in [0.25, 0.3) is 0 Å². The summed E-state index contributed by atoms with van der Waals surface area (Å²) in [6.07, 6.45) is 2.97. The van der Waals surface area contributed by atoms with Crippen LogP contribution in [0.2, 0.25) is 10.0 Å². The summed E-state index contributed by atoms with van der Waals surface area (Å²) in [5.41, 5.74) is 2.27. The molecule has 0 unspecified atom stereocenters. The lowest BCUT2D eigenvalue weighted by Gasteiger charge is -2.20. The van der Waals surface area contributed by atoms with Crippen molar-refractivity contribution >= 4 is 23.2 Å². The molecule has 0 radical (unpaired) electrons. The molecule has 0 atom stereocenters. The molecule has 0 amide bonds. The maximum Gasteiger partial charge on any atom is 0.238 e. The third kappa shape index (κ3) is 5.44. The van der Waals surface area contributed by atoms with Crippen LogP contribution in [0.15, 0.2) is 48.8 Å². The minimum Gasteiger partial charge on any atom is -0.436 e. The van der Waals surface area contributed by atoms with Crippen LogP contribution in [0.4, 0.5) is 0 Å². The average Bonchev–Trinajstić information content (AvgIpc) is 2.65. The Morgan fingerprint density at radius 2 is 1.00 bits per heavy atom. The van der Waals surface area contributed by atoms with E-state index in [9.17, 15) is 0 Å². The number of ether oxygens (including phenoxy) is 2. The lowest BCUT2D eigenvalue weighted by atomic mass is 9.87. The third-order valence-electron chi connectivity index (χ3n) is 4.63. The van der Waals surface area contributed by atoms with Crippen molar-refractivity contribution in [1.29, 1.82) is 0 Å². The van der Waals surface area contributed by atoms with Gasteiger partial charge in [-0.1, -0.05) is 76.9 Å². The molecular weight excluding hydrogens is 419 g/mol. The van der Waals surface area contributed by atoms with Crippen LogP contribution in [-0.4, -0.2) is 9.97 Å². The highest BCUT2D eigenvalue weighted by Crippen LogP contribution is 2.35. The second-order valence-corrected chi connectivity index (χ2v) is 10.0. The van der Waals surface area contributed by atoms with Crippen LogP contribution in [0.1, 0.15) is 52.7 Å². The van der Waals surface area contributed by atoms with Crippen LogP contribution >= 0.6 is 23.2 Å². The van der Waals surface area contributed by atoms with E-state index in [0.29, 0.717) is 33.3 Å². The molecule has 0 aliphatic rings. The topological polar surface area (TPSA) is 44.2 Å². The summed E-state index contributed by atoms with van der Waals surface area (Å²) in [5.74, 6) is 1.69. The first-order valence-corrected chi connectivity index (χ1v) is 10.5. The predicted molar refractivity (Wildman–Crippen MR) is 122 cm³/mol. The lowest BCUT2D eigenvalue weighted by molar-refractivity contribution is 0.435. The van der Waals surface area contributed by atoms with Crippen molar-refractivity contribution in [2.45, 2.75) is 52.4 Å². The van der Waals surface area contributed by atoms with Crippen molar-refractivity contribution < 1.29 is 9.47 Å². The van der Waals surface area contributed by atoms with Gasteiger partial charge in [-0.3, -0.25) is 0 Å². The van der Waals surface area contributed by atoms with Crippen molar-refractivity contribution in [2.24, 2.45) is 0 Å². The van der Waals surface area contributed by atoms with E-state index in [4.69, 9.17) is 32.7 Å². The standard InChI is InChI=1S/C24H26Cl2N2O2/c1-23(2,3)15-7-9-19(17(25)11-15)29-21-13-28-22(14-27-21)30-20-10-8-16(12-18(20)26)24(4,5)6/h7-14H,1-6H3. The normalized spacial score (nSPS) is 12.0. The molecule has 4 nitrogen and oxygen atoms in total. The highest BCUT2D eigenvalue weighted by atomic mass is 35.5. The number of nitrogens with zero attached hydrogens (tertiary/aromatic N) is 2. The van der Waals surface area contributed by atoms with E-state index in [2.05, 4.69) is 51.5 Å². The number of hydrogen-bond acceptors (Lipinski definition) is 4. The van der Waals surface area contributed by atoms with E-state index in [1.54, 1.807) is 0 Å². The number of rotatable bonds is 4. The third-order valence-corrected chi connectivity index (χ3v) is 5.22. The summed E-state index contributed by atoms with van der Waals surface area (Å²) in [5, 5.41) is 1.05. The molecular formula is C24H26Cl2N2O2. The smallest absolute Gasteiger partial charge is 0.238 e. The van der Waals surface area contributed by atoms with E-state index in [0.717, 1.165) is 11.1 Å². The summed E-state index contributed by atoms with van der Waals surface area (Å²) >= 11 is 12.7. The van der Waals surface area contributed by atoms with Gasteiger partial charge < -0.3 is 9.47 Å². The van der Waals surface area contributed by atoms with E-state index >= 15 is 0 Å². The summed E-state index contributed by atoms with van der Waals surface area (Å²) in [6.45, 7) is 12.8. The fourth-order valence-electron chi connectivity index (χ4n) is 2.74. The Balaban J connectivity index is 1.72. The van der Waals surface area contributed by atoms with Crippen molar-refractivity contribution in [3.8, 4) is 23.3 Å². The predicted octanol–water partition coefficient (Wildman–Crippen LogP) is 7.96. The Morgan fingerprint density at radius 3 is 1.27 bits per heavy atom. The average molecular weight is 445 g/mol. The number of hydrogen-bond donors (Lipinski definition) is 0. The SMILES string of the molecule is CC(C)(C)c1ccc(Oc2cnc(Oc3ccc(C(C)(C)C)cc3Cl)cn2)c(Cl)c1. The maximum atomic E-state index is 6.37. The molecule has 3 rings (SSSR count). The molecule has 0 aliphatic heterocycles. The van der Waals surface area contributed by atoms with Gasteiger partial charge in [0, 0.05) is 0 Å². The zero-order valence-corrected chi connectivity index (χ0v) is 19.6. The zero-order chi connectivity index (χ0) is 22.1. The molecule has 2 aromatic carbocycles. The van der Waals surface area contributed by atoms with Crippen molar-refractivity contribution in [3.05, 3.63) is 70.0 Å². The van der Waals surface area contributed by atoms with Crippen molar-refractivity contribution in [2.75, 3.05) is 0 Å². The molecule has 0 spiro atoms. The molecule has 0 aliphatic carbocycles. The Bertz CT molecular complexity index is 952. The molecule has 0 bridgehead atoms. The largest absolute Gasteiger partial charge is 0.436 e. The van der Waals surface area contributed by atoms with Crippen molar-refractivity contribution in [3.63, 3.8) is 0 Å². The highest BCUT2D eigenvalue weighted by Gasteiger charge is 2.17. The van der Waals surface area contributed by atoms with Gasteiger partial charge in [-0.15, -0.1) is 0 Å². The molecule has 1 aromatic heterocycles. The van der Waals surface area contributed by atoms with Crippen LogP contribution in [0, 0.1) is 0 Å². The second kappa shape index (κ2) is 8.44. The number of aromatic nitrogens is 2. The van der Waals surface area contributed by atoms with Gasteiger partial charge in [-0.2, -0.15) is 0 Å². The maximum absolute atomic E-state index is 6.37. The molecule has 0 N–H and O–H groups in total. The zero-order valence-electron chi connectivity index (χ0n) is 18.1. The summed E-state index contributed by atoms with van der Waals surface area (Å²) < 4.78 is 11.5. The quantitative estimate of drug-likeness (QED) is 0.409. The fraction of sp³-hybridized carbons (Fsp3) is 0.333. The molecule has 0 saturated heterocycles. The van der Waals surface area contributed by atoms with Gasteiger partial charge in [0.1, 0.15) is 11.5 Å². The summed E-state index contributed by atoms with van der Waals surface area (Å²) in [4.78, 5) is 8.51. The minimum atomic E-state index is 0.00726. The molecule has 6 heteroatoms. The van der Waals surface area contributed by atoms with Gasteiger partial charge in [-0.05, 0) is 46.2 Å². The van der Waals surface area contributed by atoms with E-state index < -0.39 is 0 Å². The summed E-state index contributed by atoms with van der Waals surface area (Å²) in [7, 11) is 0. The van der Waals surface area contributed by atoms with Gasteiger partial charge in [0.05, 0.1) is 22.4 Å². The Hall–Kier alpha value is -2.30. The van der Waals surface area contributed by atoms with Crippen LogP contribution in [0.5, 0.6) is 23.3 Å². The number of benzene rings is 2.